The zero-order valence-electron chi connectivity index (χ0n) is 9.79. The van der Waals surface area contributed by atoms with E-state index in [1.165, 1.54) is 0 Å². The fourth-order valence-electron chi connectivity index (χ4n) is 1.35. The van der Waals surface area contributed by atoms with E-state index in [0.29, 0.717) is 5.02 Å². The molecule has 0 saturated carbocycles. The van der Waals surface area contributed by atoms with Gasteiger partial charge in [0.05, 0.1) is 5.02 Å². The number of hydrogen-bond acceptors (Lipinski definition) is 2. The molecule has 0 spiro atoms. The zero-order valence-corrected chi connectivity index (χ0v) is 10.6. The molecule has 0 amide bonds. The number of rotatable bonds is 6. The maximum absolute atomic E-state index is 6.04. The van der Waals surface area contributed by atoms with Crippen LogP contribution in [0.1, 0.15) is 12.5 Å². The Labute approximate surface area is 102 Å². The first kappa shape index (κ1) is 13.1. The molecule has 0 aliphatic heterocycles. The third kappa shape index (κ3) is 4.25. The second-order valence-corrected chi connectivity index (χ2v) is 4.22. The van der Waals surface area contributed by atoms with Crippen molar-refractivity contribution in [2.24, 2.45) is 0 Å². The van der Waals surface area contributed by atoms with Gasteiger partial charge in [0, 0.05) is 13.1 Å². The Morgan fingerprint density at radius 2 is 2.31 bits per heavy atom. The van der Waals surface area contributed by atoms with E-state index < -0.39 is 0 Å². The fraction of sp³-hybridized carbons (Fsp3) is 0.385. The molecule has 16 heavy (non-hydrogen) atoms. The summed E-state index contributed by atoms with van der Waals surface area (Å²) in [6.45, 7) is 9.23. The lowest BCUT2D eigenvalue weighted by atomic mass is 10.2. The molecule has 1 N–H and O–H groups in total. The van der Waals surface area contributed by atoms with Crippen LogP contribution in [-0.2, 0) is 0 Å². The van der Waals surface area contributed by atoms with Crippen molar-refractivity contribution < 1.29 is 4.74 Å². The molecule has 0 aliphatic carbocycles. The van der Waals surface area contributed by atoms with E-state index >= 15 is 0 Å². The molecule has 3 heteroatoms. The van der Waals surface area contributed by atoms with E-state index in [2.05, 4.69) is 11.9 Å². The summed E-state index contributed by atoms with van der Waals surface area (Å²) >= 11 is 6.04. The standard InChI is InChI=1S/C13H18ClNO/c1-4-7-15-9-11(3)16-13-8-10(2)5-6-12(13)14/h4-6,8,11,15H,1,7,9H2,2-3H3. The van der Waals surface area contributed by atoms with Crippen LogP contribution < -0.4 is 10.1 Å². The van der Waals surface area contributed by atoms with Gasteiger partial charge in [0.25, 0.3) is 0 Å². The molecule has 0 fully saturated rings. The minimum Gasteiger partial charge on any atom is -0.488 e. The average molecular weight is 240 g/mol. The summed E-state index contributed by atoms with van der Waals surface area (Å²) in [5, 5.41) is 3.86. The van der Waals surface area contributed by atoms with Crippen molar-refractivity contribution in [1.29, 1.82) is 0 Å². The highest BCUT2D eigenvalue weighted by molar-refractivity contribution is 6.32. The molecule has 88 valence electrons. The lowest BCUT2D eigenvalue weighted by Gasteiger charge is -2.16. The zero-order chi connectivity index (χ0) is 12.0. The van der Waals surface area contributed by atoms with E-state index in [-0.39, 0.29) is 6.10 Å². The molecule has 0 aromatic heterocycles. The summed E-state index contributed by atoms with van der Waals surface area (Å²) in [6, 6.07) is 5.78. The maximum Gasteiger partial charge on any atom is 0.138 e. The molecular formula is C13H18ClNO. The number of hydrogen-bond donors (Lipinski definition) is 1. The third-order valence-electron chi connectivity index (χ3n) is 2.14. The van der Waals surface area contributed by atoms with Crippen molar-refractivity contribution in [2.45, 2.75) is 20.0 Å². The smallest absolute Gasteiger partial charge is 0.138 e. The first-order valence-corrected chi connectivity index (χ1v) is 5.75. The van der Waals surface area contributed by atoms with Crippen molar-refractivity contribution in [1.82, 2.24) is 5.32 Å². The van der Waals surface area contributed by atoms with Gasteiger partial charge >= 0.3 is 0 Å². The Balaban J connectivity index is 2.51. The van der Waals surface area contributed by atoms with Gasteiger partial charge in [-0.1, -0.05) is 23.7 Å². The summed E-state index contributed by atoms with van der Waals surface area (Å²) < 4.78 is 5.74. The fourth-order valence-corrected chi connectivity index (χ4v) is 1.51. The molecule has 1 atom stereocenters. The Bertz CT molecular complexity index is 352. The van der Waals surface area contributed by atoms with E-state index in [9.17, 15) is 0 Å². The first-order chi connectivity index (χ1) is 7.63. The van der Waals surface area contributed by atoms with Gasteiger partial charge in [0.15, 0.2) is 0 Å². The lowest BCUT2D eigenvalue weighted by Crippen LogP contribution is -2.29. The highest BCUT2D eigenvalue weighted by Crippen LogP contribution is 2.26. The molecule has 1 rings (SSSR count). The van der Waals surface area contributed by atoms with Crippen LogP contribution in [0.5, 0.6) is 5.75 Å². The number of halogens is 1. The quantitative estimate of drug-likeness (QED) is 0.608. The van der Waals surface area contributed by atoms with Gasteiger partial charge in [-0.15, -0.1) is 6.58 Å². The molecular weight excluding hydrogens is 222 g/mol. The monoisotopic (exact) mass is 239 g/mol. The second-order valence-electron chi connectivity index (χ2n) is 3.81. The van der Waals surface area contributed by atoms with Gasteiger partial charge in [-0.2, -0.15) is 0 Å². The van der Waals surface area contributed by atoms with E-state index in [0.717, 1.165) is 24.4 Å². The highest BCUT2D eigenvalue weighted by atomic mass is 35.5. The summed E-state index contributed by atoms with van der Waals surface area (Å²) in [7, 11) is 0. The summed E-state index contributed by atoms with van der Waals surface area (Å²) in [4.78, 5) is 0. The van der Waals surface area contributed by atoms with Crippen molar-refractivity contribution in [3.05, 3.63) is 41.4 Å². The van der Waals surface area contributed by atoms with Crippen molar-refractivity contribution in [3.63, 3.8) is 0 Å². The molecule has 1 unspecified atom stereocenters. The topological polar surface area (TPSA) is 21.3 Å². The maximum atomic E-state index is 6.04. The van der Waals surface area contributed by atoms with E-state index in [1.54, 1.807) is 0 Å². The van der Waals surface area contributed by atoms with Gasteiger partial charge in [0.2, 0.25) is 0 Å². The molecule has 0 aliphatic rings. The van der Waals surface area contributed by atoms with Crippen LogP contribution in [0.25, 0.3) is 0 Å². The van der Waals surface area contributed by atoms with Crippen LogP contribution in [0, 0.1) is 6.92 Å². The lowest BCUT2D eigenvalue weighted by molar-refractivity contribution is 0.219. The molecule has 0 radical (unpaired) electrons. The normalized spacial score (nSPS) is 12.2. The van der Waals surface area contributed by atoms with Gasteiger partial charge in [-0.25, -0.2) is 0 Å². The first-order valence-electron chi connectivity index (χ1n) is 5.38. The molecule has 1 aromatic carbocycles. The Hall–Kier alpha value is -0.990. The third-order valence-corrected chi connectivity index (χ3v) is 2.45. The van der Waals surface area contributed by atoms with E-state index in [1.807, 2.05) is 38.1 Å². The Morgan fingerprint density at radius 3 is 3.00 bits per heavy atom. The van der Waals surface area contributed by atoms with Crippen LogP contribution in [0.4, 0.5) is 0 Å². The van der Waals surface area contributed by atoms with Gasteiger partial charge in [0.1, 0.15) is 11.9 Å². The van der Waals surface area contributed by atoms with Gasteiger partial charge in [-0.3, -0.25) is 0 Å². The van der Waals surface area contributed by atoms with Crippen molar-refractivity contribution in [2.75, 3.05) is 13.1 Å². The van der Waals surface area contributed by atoms with E-state index in [4.69, 9.17) is 16.3 Å². The van der Waals surface area contributed by atoms with Crippen LogP contribution >= 0.6 is 11.6 Å². The predicted octanol–water partition coefficient (Wildman–Crippen LogP) is 3.19. The number of nitrogens with one attached hydrogen (secondary N) is 1. The minimum absolute atomic E-state index is 0.0826. The summed E-state index contributed by atoms with van der Waals surface area (Å²) in [5.74, 6) is 0.745. The summed E-state index contributed by atoms with van der Waals surface area (Å²) in [5.41, 5.74) is 1.14. The van der Waals surface area contributed by atoms with Gasteiger partial charge < -0.3 is 10.1 Å². The van der Waals surface area contributed by atoms with Crippen LogP contribution in [0.15, 0.2) is 30.9 Å². The number of aryl methyl sites for hydroxylation is 1. The van der Waals surface area contributed by atoms with Crippen molar-refractivity contribution >= 4 is 11.6 Å². The number of ether oxygens (including phenoxy) is 1. The SMILES string of the molecule is C=CCNCC(C)Oc1cc(C)ccc1Cl. The van der Waals surface area contributed by atoms with Crippen LogP contribution in [-0.4, -0.2) is 19.2 Å². The molecule has 0 heterocycles. The van der Waals surface area contributed by atoms with Crippen LogP contribution in [0.2, 0.25) is 5.02 Å². The molecule has 1 aromatic rings. The molecule has 0 saturated heterocycles. The Kier molecular flexibility index (Phi) is 5.36. The molecule has 2 nitrogen and oxygen atoms in total. The Morgan fingerprint density at radius 1 is 1.56 bits per heavy atom. The van der Waals surface area contributed by atoms with Crippen LogP contribution in [0.3, 0.4) is 0 Å². The predicted molar refractivity (Wildman–Crippen MR) is 69.3 cm³/mol. The minimum atomic E-state index is 0.0826. The second kappa shape index (κ2) is 6.56. The largest absolute Gasteiger partial charge is 0.488 e. The average Bonchev–Trinajstić information content (AvgIpc) is 2.24. The van der Waals surface area contributed by atoms with Gasteiger partial charge in [-0.05, 0) is 31.5 Å². The summed E-state index contributed by atoms with van der Waals surface area (Å²) in [6.07, 6.45) is 1.91. The van der Waals surface area contributed by atoms with Crippen molar-refractivity contribution in [3.8, 4) is 5.75 Å². The number of benzene rings is 1. The molecule has 0 bridgehead atoms. The highest BCUT2D eigenvalue weighted by Gasteiger charge is 2.06.